The van der Waals surface area contributed by atoms with Gasteiger partial charge in [0.05, 0.1) is 25.5 Å². The Morgan fingerprint density at radius 1 is 0.968 bits per heavy atom. The van der Waals surface area contributed by atoms with Crippen molar-refractivity contribution in [3.8, 4) is 17.4 Å². The molecule has 3 rings (SSSR count). The Labute approximate surface area is 173 Å². The van der Waals surface area contributed by atoms with Crippen molar-refractivity contribution in [3.05, 3.63) is 71.9 Å². The van der Waals surface area contributed by atoms with E-state index in [1.807, 2.05) is 0 Å². The minimum atomic E-state index is -4.89. The molecule has 0 bridgehead atoms. The molecule has 2 heterocycles. The average Bonchev–Trinajstić information content (AvgIpc) is 2.77. The van der Waals surface area contributed by atoms with Crippen LogP contribution in [0.2, 0.25) is 0 Å². The molecule has 7 nitrogen and oxygen atoms in total. The average molecular weight is 437 g/mol. The molecule has 0 unspecified atom stereocenters. The molecule has 0 radical (unpaired) electrons. The summed E-state index contributed by atoms with van der Waals surface area (Å²) in [6.07, 6.45) is -2.70. The van der Waals surface area contributed by atoms with Crippen LogP contribution in [0.5, 0.6) is 17.4 Å². The van der Waals surface area contributed by atoms with E-state index in [1.54, 1.807) is 0 Å². The summed E-state index contributed by atoms with van der Waals surface area (Å²) in [5, 5.41) is 0.589. The van der Waals surface area contributed by atoms with Gasteiger partial charge in [-0.15, -0.1) is 5.06 Å². The summed E-state index contributed by atoms with van der Waals surface area (Å²) in [7, 11) is 2.57. The van der Waals surface area contributed by atoms with E-state index in [0.717, 1.165) is 24.4 Å². The van der Waals surface area contributed by atoms with Crippen molar-refractivity contribution in [1.29, 1.82) is 0 Å². The quantitative estimate of drug-likeness (QED) is 0.423. The Balaban J connectivity index is 2.12. The number of anilines is 1. The lowest BCUT2D eigenvalue weighted by Crippen LogP contribution is -2.36. The van der Waals surface area contributed by atoms with Gasteiger partial charge in [0.1, 0.15) is 5.82 Å². The summed E-state index contributed by atoms with van der Waals surface area (Å²) in [6.45, 7) is 0. The Bertz CT molecular complexity index is 1090. The van der Waals surface area contributed by atoms with Crippen molar-refractivity contribution >= 4 is 11.6 Å². The molecule has 3 aromatic rings. The van der Waals surface area contributed by atoms with E-state index in [-0.39, 0.29) is 23.1 Å². The molecule has 0 aliphatic heterocycles. The third kappa shape index (κ3) is 4.82. The van der Waals surface area contributed by atoms with E-state index in [0.29, 0.717) is 5.06 Å². The van der Waals surface area contributed by atoms with Crippen LogP contribution in [-0.2, 0) is 6.18 Å². The zero-order valence-electron chi connectivity index (χ0n) is 16.2. The topological polar surface area (TPSA) is 73.8 Å². The number of halogens is 4. The van der Waals surface area contributed by atoms with Gasteiger partial charge >= 0.3 is 6.18 Å². The minimum absolute atomic E-state index is 0.000190. The summed E-state index contributed by atoms with van der Waals surface area (Å²) in [5.74, 6) is -1.95. The van der Waals surface area contributed by atoms with Crippen LogP contribution in [0, 0.1) is 5.82 Å². The molecule has 0 aliphatic carbocycles. The second-order valence-corrected chi connectivity index (χ2v) is 5.94. The molecular formula is C20H15F4N3O4. The summed E-state index contributed by atoms with van der Waals surface area (Å²) in [5.41, 5.74) is -2.15. The highest BCUT2D eigenvalue weighted by molar-refractivity contribution is 6.05. The Morgan fingerprint density at radius 3 is 2.42 bits per heavy atom. The van der Waals surface area contributed by atoms with E-state index in [9.17, 15) is 22.4 Å². The number of hydrogen-bond donors (Lipinski definition) is 0. The maximum Gasteiger partial charge on any atom is 0.434 e. The number of methoxy groups -OCH3 is 2. The van der Waals surface area contributed by atoms with E-state index < -0.39 is 29.2 Å². The minimum Gasteiger partial charge on any atom is -0.493 e. The van der Waals surface area contributed by atoms with E-state index in [4.69, 9.17) is 14.3 Å². The number of carbonyl (C=O) groups excluding carboxylic acids is 1. The van der Waals surface area contributed by atoms with Gasteiger partial charge in [-0.25, -0.2) is 9.37 Å². The zero-order chi connectivity index (χ0) is 22.6. The summed E-state index contributed by atoms with van der Waals surface area (Å²) in [4.78, 5) is 25.9. The number of rotatable bonds is 6. The van der Waals surface area contributed by atoms with E-state index in [1.165, 1.54) is 44.7 Å². The molecule has 0 fully saturated rings. The molecule has 0 atom stereocenters. The van der Waals surface area contributed by atoms with Gasteiger partial charge in [0.15, 0.2) is 17.2 Å². The monoisotopic (exact) mass is 437 g/mol. The normalized spacial score (nSPS) is 11.0. The summed E-state index contributed by atoms with van der Waals surface area (Å²) in [6, 6.07) is 7.95. The standard InChI is InChI=1S/C20H15F4N3O4/c1-29-16-10-12(21)5-6-15(16)31-27(13-7-9-25-17(11-13)30-2)19(28)14-4-3-8-26-18(14)20(22,23)24/h3-11H,1-2H3. The molecule has 162 valence electrons. The SMILES string of the molecule is COc1cc(N(Oc2ccc(F)cc2OC)C(=O)c2cccnc2C(F)(F)F)ccn1. The fourth-order valence-corrected chi connectivity index (χ4v) is 2.58. The van der Waals surface area contributed by atoms with Gasteiger partial charge in [0.25, 0.3) is 5.91 Å². The van der Waals surface area contributed by atoms with Crippen molar-refractivity contribution in [1.82, 2.24) is 9.97 Å². The highest BCUT2D eigenvalue weighted by atomic mass is 19.4. The highest BCUT2D eigenvalue weighted by Crippen LogP contribution is 2.34. The number of pyridine rings is 2. The van der Waals surface area contributed by atoms with Crippen molar-refractivity contribution in [3.63, 3.8) is 0 Å². The maximum absolute atomic E-state index is 13.5. The van der Waals surface area contributed by atoms with Crippen LogP contribution in [0.4, 0.5) is 23.2 Å². The molecule has 0 saturated heterocycles. The number of ether oxygens (including phenoxy) is 2. The second-order valence-electron chi connectivity index (χ2n) is 5.94. The Hall–Kier alpha value is -3.89. The summed E-state index contributed by atoms with van der Waals surface area (Å²) >= 11 is 0. The highest BCUT2D eigenvalue weighted by Gasteiger charge is 2.39. The largest absolute Gasteiger partial charge is 0.493 e. The third-order valence-corrected chi connectivity index (χ3v) is 3.97. The fourth-order valence-electron chi connectivity index (χ4n) is 2.58. The van der Waals surface area contributed by atoms with Crippen molar-refractivity contribution in [2.24, 2.45) is 0 Å². The molecule has 0 spiro atoms. The van der Waals surface area contributed by atoms with Crippen LogP contribution in [-0.4, -0.2) is 30.1 Å². The molecule has 1 amide bonds. The van der Waals surface area contributed by atoms with Crippen LogP contribution in [0.15, 0.2) is 54.9 Å². The number of nitrogens with zero attached hydrogens (tertiary/aromatic N) is 3. The lowest BCUT2D eigenvalue weighted by molar-refractivity contribution is -0.141. The molecule has 0 N–H and O–H groups in total. The molecule has 11 heteroatoms. The Kier molecular flexibility index (Phi) is 6.23. The number of aromatic nitrogens is 2. The van der Waals surface area contributed by atoms with Crippen molar-refractivity contribution in [2.45, 2.75) is 6.18 Å². The fraction of sp³-hybridized carbons (Fsp3) is 0.150. The first-order valence-electron chi connectivity index (χ1n) is 8.63. The second kappa shape index (κ2) is 8.86. The lowest BCUT2D eigenvalue weighted by Gasteiger charge is -2.24. The number of carbonyl (C=O) groups is 1. The molecule has 1 aromatic carbocycles. The molecule has 2 aromatic heterocycles. The van der Waals surface area contributed by atoms with Gasteiger partial charge in [-0.05, 0) is 30.3 Å². The third-order valence-electron chi connectivity index (χ3n) is 3.97. The van der Waals surface area contributed by atoms with E-state index in [2.05, 4.69) is 9.97 Å². The first kappa shape index (κ1) is 21.8. The van der Waals surface area contributed by atoms with Gasteiger partial charge in [-0.2, -0.15) is 13.2 Å². The number of hydroxylamine groups is 1. The Morgan fingerprint density at radius 2 is 1.74 bits per heavy atom. The van der Waals surface area contributed by atoms with Crippen molar-refractivity contribution < 1.29 is 36.7 Å². The number of hydrogen-bond acceptors (Lipinski definition) is 6. The molecule has 0 aliphatic rings. The van der Waals surface area contributed by atoms with E-state index >= 15 is 0 Å². The van der Waals surface area contributed by atoms with Crippen LogP contribution >= 0.6 is 0 Å². The van der Waals surface area contributed by atoms with Crippen LogP contribution < -0.4 is 19.4 Å². The van der Waals surface area contributed by atoms with Gasteiger partial charge in [0.2, 0.25) is 5.88 Å². The van der Waals surface area contributed by atoms with Gasteiger partial charge < -0.3 is 14.3 Å². The van der Waals surface area contributed by atoms with Gasteiger partial charge in [-0.3, -0.25) is 9.78 Å². The van der Waals surface area contributed by atoms with Gasteiger partial charge in [-0.1, -0.05) is 0 Å². The number of alkyl halides is 3. The number of amides is 1. The summed E-state index contributed by atoms with van der Waals surface area (Å²) < 4.78 is 63.8. The first-order chi connectivity index (χ1) is 14.7. The molecular weight excluding hydrogens is 422 g/mol. The zero-order valence-corrected chi connectivity index (χ0v) is 16.2. The van der Waals surface area contributed by atoms with Crippen molar-refractivity contribution in [2.75, 3.05) is 19.3 Å². The molecule has 0 saturated carbocycles. The number of benzene rings is 1. The first-order valence-corrected chi connectivity index (χ1v) is 8.63. The lowest BCUT2D eigenvalue weighted by atomic mass is 10.1. The predicted molar refractivity (Wildman–Crippen MR) is 100 cm³/mol. The smallest absolute Gasteiger partial charge is 0.434 e. The maximum atomic E-state index is 13.5. The van der Waals surface area contributed by atoms with Crippen LogP contribution in [0.1, 0.15) is 16.1 Å². The van der Waals surface area contributed by atoms with Crippen LogP contribution in [0.25, 0.3) is 0 Å². The van der Waals surface area contributed by atoms with Crippen LogP contribution in [0.3, 0.4) is 0 Å². The molecule has 31 heavy (non-hydrogen) atoms. The van der Waals surface area contributed by atoms with Gasteiger partial charge in [0, 0.05) is 24.5 Å². The predicted octanol–water partition coefficient (Wildman–Crippen LogP) is 4.29.